The molecule has 1 unspecified atom stereocenters. The summed E-state index contributed by atoms with van der Waals surface area (Å²) in [5.41, 5.74) is 6.95. The molecule has 0 aliphatic heterocycles. The molecule has 1 fully saturated rings. The van der Waals surface area contributed by atoms with Crippen LogP contribution in [0.25, 0.3) is 0 Å². The fourth-order valence-electron chi connectivity index (χ4n) is 1.95. The second-order valence-electron chi connectivity index (χ2n) is 4.99. The monoisotopic (exact) mass is 261 g/mol. The van der Waals surface area contributed by atoms with E-state index in [4.69, 9.17) is 5.73 Å². The maximum atomic E-state index is 11.5. The Hall–Kier alpha value is -1.88. The molecule has 0 heterocycles. The van der Waals surface area contributed by atoms with Crippen LogP contribution in [-0.2, 0) is 9.59 Å². The van der Waals surface area contributed by atoms with E-state index in [1.807, 2.05) is 0 Å². The number of carbonyl (C=O) groups excluding carboxylic acids is 2. The minimum Gasteiger partial charge on any atom is -0.368 e. The fraction of sp³-hybridized carbons (Fsp3) is 0.429. The molecule has 1 saturated carbocycles. The lowest BCUT2D eigenvalue weighted by Gasteiger charge is -2.16. The summed E-state index contributed by atoms with van der Waals surface area (Å²) in [6.45, 7) is 2.28. The Morgan fingerprint density at radius 2 is 1.95 bits per heavy atom. The number of anilines is 1. The molecule has 0 saturated heterocycles. The zero-order valence-electron chi connectivity index (χ0n) is 11.0. The van der Waals surface area contributed by atoms with Crippen LogP contribution in [0, 0.1) is 5.92 Å². The van der Waals surface area contributed by atoms with Crippen LogP contribution in [0.3, 0.4) is 0 Å². The van der Waals surface area contributed by atoms with Crippen molar-refractivity contribution in [1.82, 2.24) is 5.32 Å². The molecule has 2 amide bonds. The molecule has 1 aliphatic rings. The number of benzene rings is 1. The number of carbonyl (C=O) groups is 2. The van der Waals surface area contributed by atoms with Crippen molar-refractivity contribution in [1.29, 1.82) is 0 Å². The molecule has 102 valence electrons. The fourth-order valence-corrected chi connectivity index (χ4v) is 1.95. The van der Waals surface area contributed by atoms with E-state index in [0.717, 1.165) is 12.1 Å². The van der Waals surface area contributed by atoms with Gasteiger partial charge in [0.25, 0.3) is 0 Å². The molecule has 5 nitrogen and oxygen atoms in total. The molecule has 19 heavy (non-hydrogen) atoms. The summed E-state index contributed by atoms with van der Waals surface area (Å²) < 4.78 is 0. The number of rotatable bonds is 6. The highest BCUT2D eigenvalue weighted by molar-refractivity contribution is 5.88. The summed E-state index contributed by atoms with van der Waals surface area (Å²) in [7, 11) is 0. The first-order valence-electron chi connectivity index (χ1n) is 6.46. The predicted molar refractivity (Wildman–Crippen MR) is 73.4 cm³/mol. The summed E-state index contributed by atoms with van der Waals surface area (Å²) in [5, 5.41) is 5.88. The van der Waals surface area contributed by atoms with Gasteiger partial charge in [-0.2, -0.15) is 0 Å². The Morgan fingerprint density at radius 3 is 2.42 bits per heavy atom. The molecule has 0 aromatic heterocycles. The minimum atomic E-state index is -0.466. The van der Waals surface area contributed by atoms with Gasteiger partial charge < -0.3 is 16.4 Å². The highest BCUT2D eigenvalue weighted by atomic mass is 16.1. The summed E-state index contributed by atoms with van der Waals surface area (Å²) in [5.74, 6) is 0.180. The molecule has 1 aliphatic carbocycles. The van der Waals surface area contributed by atoms with Crippen LogP contribution in [0.5, 0.6) is 0 Å². The molecule has 1 atom stereocenters. The number of nitrogens with two attached hydrogens (primary N) is 1. The Bertz CT molecular complexity index is 466. The van der Waals surface area contributed by atoms with Gasteiger partial charge in [0, 0.05) is 12.6 Å². The predicted octanol–water partition coefficient (Wildman–Crippen LogP) is 1.17. The van der Waals surface area contributed by atoms with Gasteiger partial charge in [0.2, 0.25) is 11.8 Å². The Kier molecular flexibility index (Phi) is 4.16. The van der Waals surface area contributed by atoms with Crippen LogP contribution in [0.1, 0.15) is 31.4 Å². The molecular weight excluding hydrogens is 242 g/mol. The highest BCUT2D eigenvalue weighted by Gasteiger charge is 2.24. The zero-order valence-corrected chi connectivity index (χ0v) is 11.0. The SMILES string of the molecule is CC(=O)Nc1ccc(C(NCC2CC2)C(N)=O)cc1. The Morgan fingerprint density at radius 1 is 1.32 bits per heavy atom. The summed E-state index contributed by atoms with van der Waals surface area (Å²) in [4.78, 5) is 22.4. The van der Waals surface area contributed by atoms with E-state index < -0.39 is 6.04 Å². The van der Waals surface area contributed by atoms with Crippen LogP contribution in [0.2, 0.25) is 0 Å². The van der Waals surface area contributed by atoms with Gasteiger partial charge in [-0.1, -0.05) is 12.1 Å². The Labute approximate surface area is 112 Å². The molecule has 0 spiro atoms. The van der Waals surface area contributed by atoms with Crippen molar-refractivity contribution in [3.8, 4) is 0 Å². The molecular formula is C14H19N3O2. The van der Waals surface area contributed by atoms with Crippen LogP contribution < -0.4 is 16.4 Å². The summed E-state index contributed by atoms with van der Waals surface area (Å²) in [6.07, 6.45) is 2.44. The van der Waals surface area contributed by atoms with Gasteiger partial charge >= 0.3 is 0 Å². The average molecular weight is 261 g/mol. The third kappa shape index (κ3) is 4.06. The van der Waals surface area contributed by atoms with E-state index >= 15 is 0 Å². The largest absolute Gasteiger partial charge is 0.368 e. The maximum absolute atomic E-state index is 11.5. The molecule has 1 aromatic rings. The van der Waals surface area contributed by atoms with Crippen molar-refractivity contribution in [3.63, 3.8) is 0 Å². The molecule has 1 aromatic carbocycles. The normalized spacial score (nSPS) is 15.8. The first-order chi connectivity index (χ1) is 9.06. The van der Waals surface area contributed by atoms with Crippen LogP contribution in [0.4, 0.5) is 5.69 Å². The molecule has 2 rings (SSSR count). The molecule has 0 bridgehead atoms. The second kappa shape index (κ2) is 5.84. The smallest absolute Gasteiger partial charge is 0.239 e. The lowest BCUT2D eigenvalue weighted by molar-refractivity contribution is -0.120. The standard InChI is InChI=1S/C14H19N3O2/c1-9(18)17-12-6-4-11(5-7-12)13(14(15)19)16-8-10-2-3-10/h4-7,10,13,16H,2-3,8H2,1H3,(H2,15,19)(H,17,18). The topological polar surface area (TPSA) is 84.2 Å². The van der Waals surface area contributed by atoms with Gasteiger partial charge in [-0.15, -0.1) is 0 Å². The molecule has 5 heteroatoms. The minimum absolute atomic E-state index is 0.119. The number of hydrogen-bond acceptors (Lipinski definition) is 3. The molecule has 0 radical (unpaired) electrons. The number of amides is 2. The number of hydrogen-bond donors (Lipinski definition) is 3. The van der Waals surface area contributed by atoms with Crippen molar-refractivity contribution in [2.75, 3.05) is 11.9 Å². The third-order valence-electron chi connectivity index (χ3n) is 3.16. The third-order valence-corrected chi connectivity index (χ3v) is 3.16. The van der Waals surface area contributed by atoms with Crippen molar-refractivity contribution < 1.29 is 9.59 Å². The van der Waals surface area contributed by atoms with E-state index in [2.05, 4.69) is 10.6 Å². The van der Waals surface area contributed by atoms with Gasteiger partial charge in [-0.05, 0) is 43.0 Å². The van der Waals surface area contributed by atoms with Crippen LogP contribution in [0.15, 0.2) is 24.3 Å². The quantitative estimate of drug-likeness (QED) is 0.718. The van der Waals surface area contributed by atoms with E-state index in [-0.39, 0.29) is 11.8 Å². The Balaban J connectivity index is 2.03. The van der Waals surface area contributed by atoms with Gasteiger partial charge in [0.15, 0.2) is 0 Å². The molecule has 4 N–H and O–H groups in total. The van der Waals surface area contributed by atoms with Crippen LogP contribution >= 0.6 is 0 Å². The van der Waals surface area contributed by atoms with Crippen LogP contribution in [-0.4, -0.2) is 18.4 Å². The van der Waals surface area contributed by atoms with Crippen molar-refractivity contribution in [3.05, 3.63) is 29.8 Å². The zero-order chi connectivity index (χ0) is 13.8. The van der Waals surface area contributed by atoms with Crippen molar-refractivity contribution in [2.45, 2.75) is 25.8 Å². The highest BCUT2D eigenvalue weighted by Crippen LogP contribution is 2.28. The van der Waals surface area contributed by atoms with Gasteiger partial charge in [-0.3, -0.25) is 9.59 Å². The number of nitrogens with one attached hydrogen (secondary N) is 2. The first-order valence-corrected chi connectivity index (χ1v) is 6.46. The van der Waals surface area contributed by atoms with Gasteiger partial charge in [-0.25, -0.2) is 0 Å². The van der Waals surface area contributed by atoms with Crippen molar-refractivity contribution in [2.24, 2.45) is 11.7 Å². The van der Waals surface area contributed by atoms with E-state index in [1.54, 1.807) is 24.3 Å². The van der Waals surface area contributed by atoms with E-state index in [0.29, 0.717) is 11.6 Å². The maximum Gasteiger partial charge on any atom is 0.239 e. The first kappa shape index (κ1) is 13.5. The van der Waals surface area contributed by atoms with Gasteiger partial charge in [0.1, 0.15) is 6.04 Å². The lowest BCUT2D eigenvalue weighted by atomic mass is 10.1. The summed E-state index contributed by atoms with van der Waals surface area (Å²) >= 11 is 0. The summed E-state index contributed by atoms with van der Waals surface area (Å²) in [6, 6.07) is 6.69. The number of primary amides is 1. The lowest BCUT2D eigenvalue weighted by Crippen LogP contribution is -2.34. The van der Waals surface area contributed by atoms with Gasteiger partial charge in [0.05, 0.1) is 0 Å². The van der Waals surface area contributed by atoms with E-state index in [9.17, 15) is 9.59 Å². The van der Waals surface area contributed by atoms with E-state index in [1.165, 1.54) is 19.8 Å². The average Bonchev–Trinajstić information content (AvgIpc) is 3.14. The van der Waals surface area contributed by atoms with Crippen molar-refractivity contribution >= 4 is 17.5 Å². The second-order valence-corrected chi connectivity index (χ2v) is 4.99.